The van der Waals surface area contributed by atoms with E-state index in [0.29, 0.717) is 6.61 Å². The van der Waals surface area contributed by atoms with Crippen LogP contribution in [0.15, 0.2) is 0 Å². The zero-order valence-electron chi connectivity index (χ0n) is 3.75. The second-order valence-corrected chi connectivity index (χ2v) is 7.42. The molecule has 0 saturated heterocycles. The van der Waals surface area contributed by atoms with Crippen LogP contribution in [0.5, 0.6) is 0 Å². The Hall–Kier alpha value is 1.40. The first-order valence-electron chi connectivity index (χ1n) is 1.77. The van der Waals surface area contributed by atoms with E-state index < -0.39 is 2.33 Å². The zero-order chi connectivity index (χ0) is 5.91. The molecule has 0 aromatic rings. The van der Waals surface area contributed by atoms with Gasteiger partial charge in [-0.1, -0.05) is 0 Å². The summed E-state index contributed by atoms with van der Waals surface area (Å²) in [5.41, 5.74) is 0. The number of rotatable bonds is 1. The van der Waals surface area contributed by atoms with E-state index in [1.54, 1.807) is 0 Å². The molecule has 0 aromatic carbocycles. The van der Waals surface area contributed by atoms with Crippen LogP contribution in [-0.4, -0.2) is 8.94 Å². The average molecular weight is 297 g/mol. The van der Waals surface area contributed by atoms with Crippen LogP contribution in [0.2, 0.25) is 0 Å². The van der Waals surface area contributed by atoms with Gasteiger partial charge in [-0.15, -0.1) is 0 Å². The highest BCUT2D eigenvalue weighted by molar-refractivity contribution is 9.39. The third-order valence-electron chi connectivity index (χ3n) is 0.308. The molecule has 0 aliphatic carbocycles. The van der Waals surface area contributed by atoms with Crippen LogP contribution in [0.1, 0.15) is 6.92 Å². The minimum absolute atomic E-state index is 0.512. The molecule has 0 amide bonds. The van der Waals surface area contributed by atoms with E-state index in [1.165, 1.54) is 0 Å². The van der Waals surface area contributed by atoms with Crippen molar-refractivity contribution in [1.29, 1.82) is 0 Å². The summed E-state index contributed by atoms with van der Waals surface area (Å²) in [4.78, 5) is 0. The molecule has 44 valence electrons. The summed E-state index contributed by atoms with van der Waals surface area (Å²) in [6.45, 7) is 2.58. The lowest BCUT2D eigenvalue weighted by Gasteiger charge is -2.09. The summed E-state index contributed by atoms with van der Waals surface area (Å²) in [6.07, 6.45) is 0. The summed E-state index contributed by atoms with van der Waals surface area (Å²) >= 11 is 9.45. The molecule has 0 spiro atoms. The Morgan fingerprint density at radius 3 is 1.86 bits per heavy atom. The van der Waals surface area contributed by atoms with Crippen molar-refractivity contribution in [2.24, 2.45) is 0 Å². The Morgan fingerprint density at radius 2 is 1.86 bits per heavy atom. The maximum atomic E-state index is 4.98. The molecule has 0 rings (SSSR count). The molecular weight excluding hydrogens is 292 g/mol. The highest BCUT2D eigenvalue weighted by Crippen LogP contribution is 2.34. The number of ether oxygens (including phenoxy) is 1. The Morgan fingerprint density at radius 1 is 1.43 bits per heavy atom. The van der Waals surface area contributed by atoms with Gasteiger partial charge in [-0.25, -0.2) is 0 Å². The van der Waals surface area contributed by atoms with Crippen LogP contribution in [-0.2, 0) is 4.74 Å². The molecule has 0 unspecified atom stereocenters. The van der Waals surface area contributed by atoms with Gasteiger partial charge in [0.15, 0.2) is 0 Å². The van der Waals surface area contributed by atoms with Crippen molar-refractivity contribution in [3.05, 3.63) is 0 Å². The van der Waals surface area contributed by atoms with Gasteiger partial charge in [0.25, 0.3) is 0 Å². The fraction of sp³-hybridized carbons (Fsp3) is 1.00. The Balaban J connectivity index is 3.15. The van der Waals surface area contributed by atoms with E-state index in [4.69, 9.17) is 4.74 Å². The van der Waals surface area contributed by atoms with E-state index in [2.05, 4.69) is 47.8 Å². The minimum atomic E-state index is -0.512. The fourth-order valence-electron chi connectivity index (χ4n) is 0.164. The van der Waals surface area contributed by atoms with E-state index in [-0.39, 0.29) is 0 Å². The molecule has 7 heavy (non-hydrogen) atoms. The van der Waals surface area contributed by atoms with Crippen molar-refractivity contribution in [2.45, 2.75) is 9.25 Å². The van der Waals surface area contributed by atoms with E-state index in [1.807, 2.05) is 6.92 Å². The standard InChI is InChI=1S/C3H5Br3O/c1-2-7-3(4,5)6/h2H2,1H3. The predicted molar refractivity (Wildman–Crippen MR) is 41.1 cm³/mol. The Kier molecular flexibility index (Phi) is 4.12. The molecule has 0 heterocycles. The van der Waals surface area contributed by atoms with E-state index in [9.17, 15) is 0 Å². The van der Waals surface area contributed by atoms with Crippen LogP contribution in [0.3, 0.4) is 0 Å². The second kappa shape index (κ2) is 3.43. The van der Waals surface area contributed by atoms with Gasteiger partial charge in [-0.3, -0.25) is 0 Å². The quantitative estimate of drug-likeness (QED) is 0.676. The average Bonchev–Trinajstić information content (AvgIpc) is 1.30. The van der Waals surface area contributed by atoms with Crippen LogP contribution >= 0.6 is 47.8 Å². The molecule has 0 aliphatic rings. The number of halogens is 3. The maximum Gasteiger partial charge on any atom is 0.233 e. The van der Waals surface area contributed by atoms with Gasteiger partial charge >= 0.3 is 0 Å². The minimum Gasteiger partial charge on any atom is -0.345 e. The van der Waals surface area contributed by atoms with Gasteiger partial charge < -0.3 is 4.74 Å². The molecule has 0 atom stereocenters. The maximum absolute atomic E-state index is 4.98. The summed E-state index contributed by atoms with van der Waals surface area (Å²) in [5, 5.41) is 0. The fourth-order valence-corrected chi connectivity index (χ4v) is 0.850. The summed E-state index contributed by atoms with van der Waals surface area (Å²) in [5.74, 6) is 0. The van der Waals surface area contributed by atoms with Crippen LogP contribution in [0.25, 0.3) is 0 Å². The highest BCUT2D eigenvalue weighted by Gasteiger charge is 2.15. The first kappa shape index (κ1) is 8.40. The van der Waals surface area contributed by atoms with Crippen molar-refractivity contribution in [2.75, 3.05) is 6.61 Å². The first-order chi connectivity index (χ1) is 3.06. The van der Waals surface area contributed by atoms with Gasteiger partial charge in [0, 0.05) is 6.61 Å². The molecule has 0 saturated carbocycles. The van der Waals surface area contributed by atoms with Gasteiger partial charge in [-0.05, 0) is 54.7 Å². The van der Waals surface area contributed by atoms with Crippen LogP contribution in [0.4, 0.5) is 0 Å². The summed E-state index contributed by atoms with van der Waals surface area (Å²) < 4.78 is 4.47. The lowest BCUT2D eigenvalue weighted by molar-refractivity contribution is 0.171. The lowest BCUT2D eigenvalue weighted by Crippen LogP contribution is -2.04. The molecule has 0 aliphatic heterocycles. The van der Waals surface area contributed by atoms with Crippen molar-refractivity contribution in [1.82, 2.24) is 0 Å². The summed E-state index contributed by atoms with van der Waals surface area (Å²) in [6, 6.07) is 0. The normalized spacial score (nSPS) is 12.0. The van der Waals surface area contributed by atoms with Gasteiger partial charge in [0.1, 0.15) is 0 Å². The molecule has 0 aromatic heterocycles. The molecule has 0 radical (unpaired) electrons. The van der Waals surface area contributed by atoms with Crippen molar-refractivity contribution >= 4 is 47.8 Å². The Labute approximate surface area is 68.2 Å². The van der Waals surface area contributed by atoms with Crippen molar-refractivity contribution < 1.29 is 4.74 Å². The van der Waals surface area contributed by atoms with Gasteiger partial charge in [0.2, 0.25) is 2.33 Å². The highest BCUT2D eigenvalue weighted by atomic mass is 80.0. The molecule has 0 fully saturated rings. The number of hydrogen-bond acceptors (Lipinski definition) is 1. The van der Waals surface area contributed by atoms with E-state index >= 15 is 0 Å². The van der Waals surface area contributed by atoms with Crippen LogP contribution in [0, 0.1) is 0 Å². The molecule has 4 heteroatoms. The third kappa shape index (κ3) is 7.40. The van der Waals surface area contributed by atoms with Gasteiger partial charge in [-0.2, -0.15) is 0 Å². The second-order valence-electron chi connectivity index (χ2n) is 0.879. The predicted octanol–water partition coefficient (Wildman–Crippen LogP) is 2.82. The molecule has 0 N–H and O–H groups in total. The topological polar surface area (TPSA) is 9.23 Å². The van der Waals surface area contributed by atoms with Crippen molar-refractivity contribution in [3.63, 3.8) is 0 Å². The van der Waals surface area contributed by atoms with E-state index in [0.717, 1.165) is 0 Å². The number of hydrogen-bond donors (Lipinski definition) is 0. The lowest BCUT2D eigenvalue weighted by atomic mass is 10.9. The largest absolute Gasteiger partial charge is 0.345 e. The molecular formula is C3H5Br3O. The summed E-state index contributed by atoms with van der Waals surface area (Å²) in [7, 11) is 0. The third-order valence-corrected chi connectivity index (χ3v) is 0.995. The van der Waals surface area contributed by atoms with Crippen molar-refractivity contribution in [3.8, 4) is 0 Å². The molecule has 0 bridgehead atoms. The SMILES string of the molecule is CCOC(Br)(Br)Br. The van der Waals surface area contributed by atoms with Gasteiger partial charge in [0.05, 0.1) is 0 Å². The first-order valence-corrected chi connectivity index (χ1v) is 4.15. The zero-order valence-corrected chi connectivity index (χ0v) is 8.51. The molecule has 1 nitrogen and oxygen atoms in total. The Bertz CT molecular complexity index is 48.6. The van der Waals surface area contributed by atoms with Crippen LogP contribution < -0.4 is 0 Å². The number of alkyl halides is 3. The monoisotopic (exact) mass is 294 g/mol. The smallest absolute Gasteiger partial charge is 0.233 e.